The molecule has 3 N–H and O–H groups in total. The molecule has 3 aliphatic rings. The van der Waals surface area contributed by atoms with Gasteiger partial charge in [-0.15, -0.1) is 0 Å². The summed E-state index contributed by atoms with van der Waals surface area (Å²) < 4.78 is 61.9. The van der Waals surface area contributed by atoms with E-state index in [1.54, 1.807) is 0 Å². The molecule has 1 unspecified atom stereocenters. The lowest BCUT2D eigenvalue weighted by Crippen LogP contribution is -2.54. The first-order valence-corrected chi connectivity index (χ1v) is 18.4. The molecule has 0 spiro atoms. The van der Waals surface area contributed by atoms with Crippen LogP contribution >= 0.6 is 12.2 Å². The number of hydrogen-bond donors (Lipinski definition) is 3. The van der Waals surface area contributed by atoms with E-state index in [4.69, 9.17) is 22.2 Å². The average molecular weight is 836 g/mol. The Labute approximate surface area is 338 Å². The second-order valence-corrected chi connectivity index (χ2v) is 14.4. The van der Waals surface area contributed by atoms with Gasteiger partial charge in [-0.1, -0.05) is 6.07 Å². The maximum absolute atomic E-state index is 15.3. The SMILES string of the molecule is CC1(C)C(=O)N(c2ccc(C#N)c(C(F)(F)F)c2F)C(=S)N1c1ccc(C(=O)NCCCCNC(=O)COc2cccc3c2C(=O)N(C2CCC(=O)NC2=O)C3=O)cc1. The average Bonchev–Trinajstić information content (AvgIpc) is 3.54. The predicted octanol–water partition coefficient (Wildman–Crippen LogP) is 3.74. The minimum atomic E-state index is -5.22. The number of nitrogens with zero attached hydrogens (tertiary/aromatic N) is 4. The molecule has 7 amide bonds. The Morgan fingerprint density at radius 1 is 0.983 bits per heavy atom. The molecule has 0 aromatic heterocycles. The number of thiocarbonyl (C=S) groups is 1. The number of alkyl halides is 3. The van der Waals surface area contributed by atoms with E-state index in [2.05, 4.69) is 16.0 Å². The van der Waals surface area contributed by atoms with E-state index in [1.807, 2.05) is 0 Å². The van der Waals surface area contributed by atoms with Crippen molar-refractivity contribution in [3.63, 3.8) is 0 Å². The lowest BCUT2D eigenvalue weighted by Gasteiger charge is -2.29. The Hall–Kier alpha value is -6.75. The molecule has 1 atom stereocenters. The van der Waals surface area contributed by atoms with E-state index >= 15 is 4.39 Å². The fraction of sp³-hybridized carbons (Fsp3) is 0.308. The van der Waals surface area contributed by atoms with E-state index in [0.29, 0.717) is 23.4 Å². The number of benzene rings is 3. The zero-order valence-electron chi connectivity index (χ0n) is 31.2. The molecule has 59 heavy (non-hydrogen) atoms. The molecule has 3 aromatic rings. The number of amides is 7. The van der Waals surface area contributed by atoms with Crippen molar-refractivity contribution in [2.24, 2.45) is 0 Å². The number of piperidine rings is 1. The van der Waals surface area contributed by atoms with Gasteiger partial charge < -0.3 is 20.3 Å². The summed E-state index contributed by atoms with van der Waals surface area (Å²) in [7, 11) is 0. The maximum atomic E-state index is 15.3. The second kappa shape index (κ2) is 16.2. The molecule has 0 bridgehead atoms. The summed E-state index contributed by atoms with van der Waals surface area (Å²) in [5.74, 6) is -6.38. The number of carbonyl (C=O) groups excluding carboxylic acids is 7. The molecule has 6 rings (SSSR count). The van der Waals surface area contributed by atoms with E-state index in [-0.39, 0.29) is 53.5 Å². The molecular weight excluding hydrogens is 803 g/mol. The van der Waals surface area contributed by atoms with Crippen LogP contribution in [0.2, 0.25) is 0 Å². The molecule has 2 saturated heterocycles. The van der Waals surface area contributed by atoms with E-state index < -0.39 is 88.3 Å². The minimum absolute atomic E-state index is 0.00519. The van der Waals surface area contributed by atoms with Crippen LogP contribution in [0.4, 0.5) is 28.9 Å². The number of imide groups is 2. The zero-order chi connectivity index (χ0) is 43.0. The van der Waals surface area contributed by atoms with E-state index in [9.17, 15) is 46.7 Å². The molecule has 15 nitrogen and oxygen atoms in total. The minimum Gasteiger partial charge on any atom is -0.483 e. The van der Waals surface area contributed by atoms with Crippen LogP contribution < -0.4 is 30.5 Å². The van der Waals surface area contributed by atoms with Crippen molar-refractivity contribution in [1.29, 1.82) is 5.26 Å². The molecule has 3 aliphatic heterocycles. The van der Waals surface area contributed by atoms with Gasteiger partial charge in [-0.25, -0.2) is 4.39 Å². The molecule has 2 fully saturated rings. The summed E-state index contributed by atoms with van der Waals surface area (Å²) in [4.78, 5) is 91.7. The topological polar surface area (TPSA) is 198 Å². The van der Waals surface area contributed by atoms with Gasteiger partial charge in [0.25, 0.3) is 29.5 Å². The summed E-state index contributed by atoms with van der Waals surface area (Å²) in [6, 6.07) is 11.9. The van der Waals surface area contributed by atoms with Gasteiger partial charge in [-0.05, 0) is 93.9 Å². The first kappa shape index (κ1) is 41.9. The third kappa shape index (κ3) is 7.92. The van der Waals surface area contributed by atoms with Gasteiger partial charge in [0.2, 0.25) is 11.8 Å². The zero-order valence-corrected chi connectivity index (χ0v) is 32.0. The van der Waals surface area contributed by atoms with Gasteiger partial charge in [0.1, 0.15) is 22.9 Å². The van der Waals surface area contributed by atoms with Crippen LogP contribution in [-0.4, -0.2) is 82.6 Å². The van der Waals surface area contributed by atoms with Crippen molar-refractivity contribution in [2.75, 3.05) is 29.5 Å². The van der Waals surface area contributed by atoms with Gasteiger partial charge in [0.05, 0.1) is 28.4 Å². The number of halogens is 4. The fourth-order valence-corrected chi connectivity index (χ4v) is 7.41. The van der Waals surface area contributed by atoms with Crippen molar-refractivity contribution in [2.45, 2.75) is 57.3 Å². The fourth-order valence-electron chi connectivity index (χ4n) is 6.89. The smallest absolute Gasteiger partial charge is 0.420 e. The lowest BCUT2D eigenvalue weighted by atomic mass is 10.0. The molecule has 306 valence electrons. The lowest BCUT2D eigenvalue weighted by molar-refractivity contribution is -0.140. The van der Waals surface area contributed by atoms with Crippen molar-refractivity contribution in [3.8, 4) is 11.8 Å². The number of unbranched alkanes of at least 4 members (excludes halogenated alkanes) is 1. The highest BCUT2D eigenvalue weighted by molar-refractivity contribution is 7.81. The number of nitriles is 1. The van der Waals surface area contributed by atoms with Crippen molar-refractivity contribution in [1.82, 2.24) is 20.9 Å². The standard InChI is InChI=1S/C39H33F4N7O8S/c1-38(2)36(57)49(24-13-10-21(18-44)30(31(24)40)39(41,42)43)37(59)50(38)22-11-8-20(9-12-22)32(53)46-17-4-3-16-45-28(52)19-58-26-7-5-6-23-29(26)35(56)48(34(23)55)25-14-15-27(51)47-33(25)54/h5-13,25H,3-4,14-17,19H2,1-2H3,(H,45,52)(H,46,53)(H,47,51,54). The number of carbonyl (C=O) groups is 7. The number of anilines is 2. The quantitative estimate of drug-likeness (QED) is 0.104. The Balaban J connectivity index is 0.971. The molecule has 0 saturated carbocycles. The number of ether oxygens (including phenoxy) is 1. The maximum Gasteiger partial charge on any atom is 0.420 e. The normalized spacial score (nSPS) is 17.5. The Morgan fingerprint density at radius 2 is 1.66 bits per heavy atom. The number of fused-ring (bicyclic) bond motifs is 1. The van der Waals surface area contributed by atoms with Crippen LogP contribution in [-0.2, 0) is 25.4 Å². The van der Waals surface area contributed by atoms with Crippen molar-refractivity contribution >= 4 is 70.1 Å². The summed E-state index contributed by atoms with van der Waals surface area (Å²) in [5.41, 5.74) is -4.58. The summed E-state index contributed by atoms with van der Waals surface area (Å²) >= 11 is 5.46. The van der Waals surface area contributed by atoms with Crippen LogP contribution in [0.25, 0.3) is 0 Å². The van der Waals surface area contributed by atoms with Gasteiger partial charge in [0, 0.05) is 30.8 Å². The van der Waals surface area contributed by atoms with E-state index in [1.165, 1.54) is 67.3 Å². The monoisotopic (exact) mass is 835 g/mol. The number of hydrogen-bond acceptors (Lipinski definition) is 10. The second-order valence-electron chi connectivity index (χ2n) is 14.0. The highest BCUT2D eigenvalue weighted by Gasteiger charge is 2.52. The largest absolute Gasteiger partial charge is 0.483 e. The third-order valence-electron chi connectivity index (χ3n) is 9.82. The molecule has 20 heteroatoms. The Bertz CT molecular complexity index is 2360. The van der Waals surface area contributed by atoms with Crippen LogP contribution in [0, 0.1) is 17.1 Å². The predicted molar refractivity (Wildman–Crippen MR) is 202 cm³/mol. The molecular formula is C39H33F4N7O8S. The molecule has 3 heterocycles. The van der Waals surface area contributed by atoms with E-state index in [0.717, 1.165) is 17.0 Å². The third-order valence-corrected chi connectivity index (χ3v) is 10.2. The molecule has 0 aliphatic carbocycles. The molecule has 0 radical (unpaired) electrons. The van der Waals surface area contributed by atoms with Gasteiger partial charge in [-0.2, -0.15) is 18.4 Å². The van der Waals surface area contributed by atoms with Crippen LogP contribution in [0.15, 0.2) is 54.6 Å². The number of nitrogens with one attached hydrogen (secondary N) is 3. The van der Waals surface area contributed by atoms with Gasteiger partial charge in [0.15, 0.2) is 17.5 Å². The van der Waals surface area contributed by atoms with Crippen molar-refractivity contribution in [3.05, 3.63) is 88.2 Å². The van der Waals surface area contributed by atoms with Gasteiger partial charge >= 0.3 is 6.18 Å². The summed E-state index contributed by atoms with van der Waals surface area (Å²) in [5, 5.41) is 16.3. The van der Waals surface area contributed by atoms with Crippen LogP contribution in [0.5, 0.6) is 5.75 Å². The van der Waals surface area contributed by atoms with Crippen LogP contribution in [0.1, 0.15) is 81.7 Å². The Morgan fingerprint density at radius 3 is 2.31 bits per heavy atom. The Kier molecular flexibility index (Phi) is 11.5. The number of rotatable bonds is 12. The highest BCUT2D eigenvalue weighted by Crippen LogP contribution is 2.42. The first-order chi connectivity index (χ1) is 27.9. The highest BCUT2D eigenvalue weighted by atomic mass is 32.1. The van der Waals surface area contributed by atoms with Crippen molar-refractivity contribution < 1.29 is 55.9 Å². The summed E-state index contributed by atoms with van der Waals surface area (Å²) in [6.07, 6.45) is -4.36. The summed E-state index contributed by atoms with van der Waals surface area (Å²) in [6.45, 7) is 2.85. The van der Waals surface area contributed by atoms with Crippen LogP contribution in [0.3, 0.4) is 0 Å². The molecule has 3 aromatic carbocycles. The first-order valence-electron chi connectivity index (χ1n) is 18.0. The van der Waals surface area contributed by atoms with Gasteiger partial charge in [-0.3, -0.25) is 48.7 Å².